The summed E-state index contributed by atoms with van der Waals surface area (Å²) in [4.78, 5) is 37.0. The fourth-order valence-corrected chi connectivity index (χ4v) is 4.23. The second-order valence-electron chi connectivity index (χ2n) is 6.56. The molecule has 2 N–H and O–H groups in total. The zero-order chi connectivity index (χ0) is 18.3. The monoisotopic (exact) mass is 351 g/mol. The lowest BCUT2D eigenvalue weighted by Crippen LogP contribution is -2.64. The summed E-state index contributed by atoms with van der Waals surface area (Å²) in [6.45, 7) is 5.02. The fourth-order valence-electron chi connectivity index (χ4n) is 4.23. The van der Waals surface area contributed by atoms with Crippen LogP contribution in [0, 0.1) is 11.8 Å². The van der Waals surface area contributed by atoms with Crippen LogP contribution < -0.4 is 0 Å². The zero-order valence-electron chi connectivity index (χ0n) is 13.9. The van der Waals surface area contributed by atoms with Crippen molar-refractivity contribution in [2.24, 2.45) is 11.8 Å². The molecule has 8 heteroatoms. The minimum atomic E-state index is -1.21. The Bertz CT molecular complexity index is 655. The molecule has 2 heterocycles. The number of aliphatic hydroxyl groups is 1. The van der Waals surface area contributed by atoms with Crippen molar-refractivity contribution < 1.29 is 34.1 Å². The molecule has 0 spiro atoms. The number of carbonyl (C=O) groups excluding carboxylic acids is 2. The van der Waals surface area contributed by atoms with Gasteiger partial charge in [-0.25, -0.2) is 9.59 Å². The number of β-lactam (4-membered cyclic amide) rings is 1. The molecular formula is C17H21NO7. The molecule has 8 nitrogen and oxygen atoms in total. The van der Waals surface area contributed by atoms with Gasteiger partial charge in [-0.05, 0) is 31.8 Å². The van der Waals surface area contributed by atoms with Gasteiger partial charge < -0.3 is 24.6 Å². The lowest BCUT2D eigenvalue weighted by molar-refractivity contribution is -0.164. The third-order valence-corrected chi connectivity index (χ3v) is 5.18. The van der Waals surface area contributed by atoms with Gasteiger partial charge >= 0.3 is 12.1 Å². The first-order chi connectivity index (χ1) is 11.9. The Morgan fingerprint density at radius 3 is 2.80 bits per heavy atom. The summed E-state index contributed by atoms with van der Waals surface area (Å²) in [6.07, 6.45) is 0.843. The van der Waals surface area contributed by atoms with E-state index >= 15 is 0 Å². The van der Waals surface area contributed by atoms with Crippen LogP contribution >= 0.6 is 0 Å². The molecule has 2 aliphatic heterocycles. The second kappa shape index (κ2) is 6.51. The molecule has 1 aliphatic carbocycles. The maximum Gasteiger partial charge on any atom is 0.508 e. The summed E-state index contributed by atoms with van der Waals surface area (Å²) in [5.41, 5.74) is 0.325. The Morgan fingerprint density at radius 2 is 2.16 bits per heavy atom. The van der Waals surface area contributed by atoms with Gasteiger partial charge in [-0.2, -0.15) is 0 Å². The number of carboxylic acids is 1. The Kier molecular flexibility index (Phi) is 4.55. The van der Waals surface area contributed by atoms with Gasteiger partial charge in [0.2, 0.25) is 5.91 Å². The zero-order valence-corrected chi connectivity index (χ0v) is 13.9. The second-order valence-corrected chi connectivity index (χ2v) is 6.56. The number of hydrogen-bond acceptors (Lipinski definition) is 6. The van der Waals surface area contributed by atoms with Gasteiger partial charge in [0.1, 0.15) is 18.4 Å². The number of carboxylic acid groups (broad SMARTS) is 1. The highest BCUT2D eigenvalue weighted by molar-refractivity contribution is 6.00. The van der Waals surface area contributed by atoms with Gasteiger partial charge in [0, 0.05) is 5.92 Å². The Labute approximate surface area is 144 Å². The molecule has 1 saturated carbocycles. The summed E-state index contributed by atoms with van der Waals surface area (Å²) < 4.78 is 9.91. The van der Waals surface area contributed by atoms with Crippen molar-refractivity contribution in [2.75, 3.05) is 6.61 Å². The molecule has 2 fully saturated rings. The van der Waals surface area contributed by atoms with E-state index in [0.29, 0.717) is 18.4 Å². The van der Waals surface area contributed by atoms with Crippen molar-refractivity contribution in [1.29, 1.82) is 0 Å². The molecule has 0 aromatic rings. The van der Waals surface area contributed by atoms with Gasteiger partial charge in [0.05, 0.1) is 18.1 Å². The van der Waals surface area contributed by atoms with Crippen molar-refractivity contribution in [2.45, 2.75) is 44.4 Å². The number of fused-ring (bicyclic) bond motifs is 3. The Morgan fingerprint density at radius 1 is 1.44 bits per heavy atom. The standard InChI is InChI=1S/C17H21NO7/c1-3-7-24-17(23)25-8(2)11-13-9-5-4-6-10(19)12(9)14(16(21)22)18(13)15(11)20/h3,8-11,13,19H,1,4-7H2,2H3,(H,21,22)/t8-,9-,10-,11-,13-/m1/s1. The third-order valence-electron chi connectivity index (χ3n) is 5.18. The average molecular weight is 351 g/mol. The number of rotatable bonds is 5. The van der Waals surface area contributed by atoms with E-state index in [1.807, 2.05) is 0 Å². The van der Waals surface area contributed by atoms with Gasteiger partial charge in [0.15, 0.2) is 0 Å². The van der Waals surface area contributed by atoms with Crippen molar-refractivity contribution in [3.63, 3.8) is 0 Å². The molecule has 0 bridgehead atoms. The van der Waals surface area contributed by atoms with E-state index in [9.17, 15) is 24.6 Å². The minimum absolute atomic E-state index is 0.00338. The molecule has 3 aliphatic rings. The van der Waals surface area contributed by atoms with Gasteiger partial charge in [-0.3, -0.25) is 4.79 Å². The molecule has 136 valence electrons. The van der Waals surface area contributed by atoms with Crippen LogP contribution in [0.15, 0.2) is 23.9 Å². The number of aliphatic carboxylic acids is 1. The summed E-state index contributed by atoms with van der Waals surface area (Å²) >= 11 is 0. The number of ether oxygens (including phenoxy) is 2. The number of aliphatic hydroxyl groups excluding tert-OH is 1. The van der Waals surface area contributed by atoms with Gasteiger partial charge in [-0.15, -0.1) is 0 Å². The van der Waals surface area contributed by atoms with E-state index in [1.165, 1.54) is 11.0 Å². The third kappa shape index (κ3) is 2.70. The lowest BCUT2D eigenvalue weighted by atomic mass is 9.72. The van der Waals surface area contributed by atoms with Crippen LogP contribution in [0.3, 0.4) is 0 Å². The van der Waals surface area contributed by atoms with E-state index < -0.39 is 42.2 Å². The number of carbonyl (C=O) groups is 3. The van der Waals surface area contributed by atoms with Crippen LogP contribution in [0.25, 0.3) is 0 Å². The molecule has 0 aromatic heterocycles. The first-order valence-electron chi connectivity index (χ1n) is 8.31. The topological polar surface area (TPSA) is 113 Å². The smallest absolute Gasteiger partial charge is 0.477 e. The highest BCUT2D eigenvalue weighted by Crippen LogP contribution is 2.52. The van der Waals surface area contributed by atoms with Crippen LogP contribution in [0.2, 0.25) is 0 Å². The van der Waals surface area contributed by atoms with Gasteiger partial charge in [-0.1, -0.05) is 12.7 Å². The van der Waals surface area contributed by atoms with E-state index in [-0.39, 0.29) is 18.2 Å². The normalized spacial score (nSPS) is 31.6. The van der Waals surface area contributed by atoms with Crippen molar-refractivity contribution in [3.8, 4) is 0 Å². The van der Waals surface area contributed by atoms with Crippen LogP contribution in [-0.4, -0.2) is 58.0 Å². The van der Waals surface area contributed by atoms with Crippen molar-refractivity contribution in [1.82, 2.24) is 4.90 Å². The summed E-state index contributed by atoms with van der Waals surface area (Å²) in [5, 5.41) is 19.7. The summed E-state index contributed by atoms with van der Waals surface area (Å²) in [7, 11) is 0. The Hall–Kier alpha value is -2.35. The largest absolute Gasteiger partial charge is 0.508 e. The molecule has 25 heavy (non-hydrogen) atoms. The summed E-state index contributed by atoms with van der Waals surface area (Å²) in [6, 6.07) is -0.397. The minimum Gasteiger partial charge on any atom is -0.477 e. The first-order valence-corrected chi connectivity index (χ1v) is 8.31. The maximum atomic E-state index is 12.5. The molecule has 0 aromatic carbocycles. The molecule has 1 amide bonds. The predicted octanol–water partition coefficient (Wildman–Crippen LogP) is 1.05. The van der Waals surface area contributed by atoms with Crippen LogP contribution in [0.1, 0.15) is 26.2 Å². The average Bonchev–Trinajstić information content (AvgIpc) is 2.85. The molecule has 5 atom stereocenters. The maximum absolute atomic E-state index is 12.5. The molecule has 3 rings (SSSR count). The van der Waals surface area contributed by atoms with E-state index in [1.54, 1.807) is 6.92 Å². The fraction of sp³-hybridized carbons (Fsp3) is 0.588. The lowest BCUT2D eigenvalue weighted by Gasteiger charge is -2.48. The first kappa shape index (κ1) is 17.5. The van der Waals surface area contributed by atoms with E-state index in [4.69, 9.17) is 9.47 Å². The molecular weight excluding hydrogens is 330 g/mol. The Balaban J connectivity index is 1.80. The quantitative estimate of drug-likeness (QED) is 0.432. The number of amides is 1. The van der Waals surface area contributed by atoms with Crippen LogP contribution in [0.5, 0.6) is 0 Å². The number of hydrogen-bond donors (Lipinski definition) is 2. The van der Waals surface area contributed by atoms with Crippen LogP contribution in [0.4, 0.5) is 4.79 Å². The molecule has 0 unspecified atom stereocenters. The van der Waals surface area contributed by atoms with E-state index in [0.717, 1.165) is 6.42 Å². The van der Waals surface area contributed by atoms with Crippen molar-refractivity contribution >= 4 is 18.0 Å². The van der Waals surface area contributed by atoms with Crippen molar-refractivity contribution in [3.05, 3.63) is 23.9 Å². The van der Waals surface area contributed by atoms with E-state index in [2.05, 4.69) is 6.58 Å². The van der Waals surface area contributed by atoms with Crippen LogP contribution in [-0.2, 0) is 19.1 Å². The summed E-state index contributed by atoms with van der Waals surface area (Å²) in [5.74, 6) is -2.47. The highest BCUT2D eigenvalue weighted by Gasteiger charge is 2.63. The molecule has 0 radical (unpaired) electrons. The van der Waals surface area contributed by atoms with Gasteiger partial charge in [0.25, 0.3) is 0 Å². The predicted molar refractivity (Wildman–Crippen MR) is 84.2 cm³/mol. The highest BCUT2D eigenvalue weighted by atomic mass is 16.7. The number of nitrogens with zero attached hydrogens (tertiary/aromatic N) is 1. The SMILES string of the molecule is C=CCOC(=O)O[C@H](C)[C@H]1C(=O)N2C(C(=O)O)=C3[C@H](O)CCC[C@H]3[C@H]12. The molecule has 1 saturated heterocycles.